The van der Waals surface area contributed by atoms with Crippen LogP contribution in [0.2, 0.25) is 0 Å². The van der Waals surface area contributed by atoms with E-state index >= 15 is 0 Å². The molecule has 0 aliphatic heterocycles. The maximum absolute atomic E-state index is 5.63. The van der Waals surface area contributed by atoms with Gasteiger partial charge in [-0.25, -0.2) is 0 Å². The van der Waals surface area contributed by atoms with Crippen LogP contribution in [0.5, 0.6) is 5.19 Å². The average molecular weight is 243 g/mol. The Balaban J connectivity index is 2.31. The maximum atomic E-state index is 5.63. The largest absolute Gasteiger partial charge is 0.469 e. The van der Waals surface area contributed by atoms with Crippen molar-refractivity contribution in [3.63, 3.8) is 0 Å². The third kappa shape index (κ3) is 4.45. The number of ether oxygens (including phenoxy) is 1. The number of rotatable bonds is 8. The standard InChI is InChI=1S/C11H21N3OS/c1-3-5-6-9(4-2)8-15-11-14-13-10(7-12)16-11/h9H,3-8,12H2,1-2H3. The summed E-state index contributed by atoms with van der Waals surface area (Å²) in [5.41, 5.74) is 5.46. The summed E-state index contributed by atoms with van der Waals surface area (Å²) in [7, 11) is 0. The molecule has 2 N–H and O–H groups in total. The second-order valence-electron chi connectivity index (χ2n) is 3.89. The van der Waals surface area contributed by atoms with E-state index in [0.717, 1.165) is 18.0 Å². The van der Waals surface area contributed by atoms with Gasteiger partial charge in [-0.15, -0.1) is 10.2 Å². The Hall–Kier alpha value is -0.680. The smallest absolute Gasteiger partial charge is 0.294 e. The van der Waals surface area contributed by atoms with E-state index in [1.165, 1.54) is 30.6 Å². The highest BCUT2D eigenvalue weighted by Crippen LogP contribution is 2.20. The number of hydrogen-bond donors (Lipinski definition) is 1. The average Bonchev–Trinajstić information content (AvgIpc) is 2.77. The fourth-order valence-electron chi connectivity index (χ4n) is 1.47. The highest BCUT2D eigenvalue weighted by molar-refractivity contribution is 7.13. The van der Waals surface area contributed by atoms with Crippen molar-refractivity contribution in [2.45, 2.75) is 46.1 Å². The first-order valence-corrected chi connectivity index (χ1v) is 6.77. The van der Waals surface area contributed by atoms with Crippen molar-refractivity contribution in [1.29, 1.82) is 0 Å². The van der Waals surface area contributed by atoms with Gasteiger partial charge in [0.25, 0.3) is 5.19 Å². The van der Waals surface area contributed by atoms with Crippen molar-refractivity contribution in [2.24, 2.45) is 11.7 Å². The lowest BCUT2D eigenvalue weighted by Gasteiger charge is -2.13. The molecule has 0 amide bonds. The Morgan fingerprint density at radius 1 is 1.38 bits per heavy atom. The molecule has 0 aliphatic rings. The molecule has 0 fully saturated rings. The quantitative estimate of drug-likeness (QED) is 0.762. The van der Waals surface area contributed by atoms with Gasteiger partial charge in [0.2, 0.25) is 0 Å². The molecular weight excluding hydrogens is 222 g/mol. The van der Waals surface area contributed by atoms with Gasteiger partial charge in [-0.05, 0) is 12.3 Å². The lowest BCUT2D eigenvalue weighted by Crippen LogP contribution is -2.11. The Kier molecular flexibility index (Phi) is 6.33. The molecule has 0 saturated carbocycles. The monoisotopic (exact) mass is 243 g/mol. The molecule has 16 heavy (non-hydrogen) atoms. The van der Waals surface area contributed by atoms with Crippen molar-refractivity contribution in [2.75, 3.05) is 6.61 Å². The lowest BCUT2D eigenvalue weighted by molar-refractivity contribution is 0.231. The Labute approximate surface area is 101 Å². The Morgan fingerprint density at radius 3 is 2.75 bits per heavy atom. The number of nitrogens with two attached hydrogens (primary N) is 1. The highest BCUT2D eigenvalue weighted by atomic mass is 32.1. The molecule has 92 valence electrons. The molecule has 1 unspecified atom stereocenters. The molecule has 0 aromatic carbocycles. The molecule has 1 rings (SSSR count). The van der Waals surface area contributed by atoms with Crippen LogP contribution in [-0.2, 0) is 6.54 Å². The molecule has 0 bridgehead atoms. The van der Waals surface area contributed by atoms with E-state index in [0.29, 0.717) is 17.7 Å². The molecule has 5 heteroatoms. The normalized spacial score (nSPS) is 12.7. The number of aromatic nitrogens is 2. The van der Waals surface area contributed by atoms with Gasteiger partial charge in [0.15, 0.2) is 0 Å². The molecule has 1 aromatic rings. The van der Waals surface area contributed by atoms with Crippen LogP contribution >= 0.6 is 11.3 Å². The van der Waals surface area contributed by atoms with E-state index in [9.17, 15) is 0 Å². The third-order valence-electron chi connectivity index (χ3n) is 2.61. The van der Waals surface area contributed by atoms with Gasteiger partial charge >= 0.3 is 0 Å². The minimum absolute atomic E-state index is 0.439. The summed E-state index contributed by atoms with van der Waals surface area (Å²) < 4.78 is 5.63. The molecule has 1 aromatic heterocycles. The van der Waals surface area contributed by atoms with E-state index < -0.39 is 0 Å². The minimum atomic E-state index is 0.439. The van der Waals surface area contributed by atoms with Crippen LogP contribution in [0.1, 0.15) is 44.5 Å². The van der Waals surface area contributed by atoms with E-state index in [4.69, 9.17) is 10.5 Å². The van der Waals surface area contributed by atoms with Crippen molar-refractivity contribution in [3.05, 3.63) is 5.01 Å². The molecule has 1 atom stereocenters. The van der Waals surface area contributed by atoms with E-state index in [1.54, 1.807) is 0 Å². The third-order valence-corrected chi connectivity index (χ3v) is 3.47. The van der Waals surface area contributed by atoms with Gasteiger partial charge < -0.3 is 10.5 Å². The summed E-state index contributed by atoms with van der Waals surface area (Å²) in [5.74, 6) is 0.630. The van der Waals surface area contributed by atoms with Gasteiger partial charge in [-0.2, -0.15) is 0 Å². The van der Waals surface area contributed by atoms with Crippen molar-refractivity contribution < 1.29 is 4.74 Å². The highest BCUT2D eigenvalue weighted by Gasteiger charge is 2.09. The molecule has 1 heterocycles. The molecule has 0 radical (unpaired) electrons. The van der Waals surface area contributed by atoms with E-state index in [2.05, 4.69) is 24.0 Å². The van der Waals surface area contributed by atoms with Gasteiger partial charge in [-0.1, -0.05) is 44.4 Å². The van der Waals surface area contributed by atoms with Crippen LogP contribution in [-0.4, -0.2) is 16.8 Å². The maximum Gasteiger partial charge on any atom is 0.294 e. The first-order chi connectivity index (χ1) is 7.80. The summed E-state index contributed by atoms with van der Waals surface area (Å²) in [5, 5.41) is 9.34. The van der Waals surface area contributed by atoms with Crippen molar-refractivity contribution in [3.8, 4) is 5.19 Å². The van der Waals surface area contributed by atoms with Crippen LogP contribution in [0.15, 0.2) is 0 Å². The predicted molar refractivity (Wildman–Crippen MR) is 66.6 cm³/mol. The minimum Gasteiger partial charge on any atom is -0.469 e. The molecular formula is C11H21N3OS. The van der Waals surface area contributed by atoms with Crippen LogP contribution in [0, 0.1) is 5.92 Å². The summed E-state index contributed by atoms with van der Waals surface area (Å²) in [4.78, 5) is 0. The zero-order valence-electron chi connectivity index (χ0n) is 10.1. The van der Waals surface area contributed by atoms with Gasteiger partial charge in [0.05, 0.1) is 6.61 Å². The Morgan fingerprint density at radius 2 is 2.19 bits per heavy atom. The van der Waals surface area contributed by atoms with Crippen molar-refractivity contribution in [1.82, 2.24) is 10.2 Å². The van der Waals surface area contributed by atoms with Crippen LogP contribution in [0.3, 0.4) is 0 Å². The first-order valence-electron chi connectivity index (χ1n) is 5.95. The van der Waals surface area contributed by atoms with Gasteiger partial charge in [0, 0.05) is 6.54 Å². The van der Waals surface area contributed by atoms with Crippen molar-refractivity contribution >= 4 is 11.3 Å². The molecule has 0 aliphatic carbocycles. The summed E-state index contributed by atoms with van der Waals surface area (Å²) in [6.07, 6.45) is 4.90. The second kappa shape index (κ2) is 7.57. The predicted octanol–water partition coefficient (Wildman–Crippen LogP) is 2.59. The first kappa shape index (κ1) is 13.4. The lowest BCUT2D eigenvalue weighted by atomic mass is 10.0. The van der Waals surface area contributed by atoms with Gasteiger partial charge in [0.1, 0.15) is 5.01 Å². The fourth-order valence-corrected chi connectivity index (χ4v) is 2.04. The van der Waals surface area contributed by atoms with Crippen LogP contribution in [0.4, 0.5) is 0 Å². The fraction of sp³-hybridized carbons (Fsp3) is 0.818. The summed E-state index contributed by atoms with van der Waals surface area (Å²) >= 11 is 1.44. The van der Waals surface area contributed by atoms with Crippen LogP contribution < -0.4 is 10.5 Å². The van der Waals surface area contributed by atoms with Gasteiger partial charge in [-0.3, -0.25) is 0 Å². The van der Waals surface area contributed by atoms with E-state index in [-0.39, 0.29) is 0 Å². The number of nitrogens with zero attached hydrogens (tertiary/aromatic N) is 2. The topological polar surface area (TPSA) is 61.0 Å². The Bertz CT molecular complexity index is 291. The molecule has 4 nitrogen and oxygen atoms in total. The van der Waals surface area contributed by atoms with E-state index in [1.807, 2.05) is 0 Å². The zero-order valence-corrected chi connectivity index (χ0v) is 10.9. The summed E-state index contributed by atoms with van der Waals surface area (Å²) in [6, 6.07) is 0. The SMILES string of the molecule is CCCCC(CC)COc1nnc(CN)s1. The molecule has 0 spiro atoms. The molecule has 0 saturated heterocycles. The zero-order chi connectivity index (χ0) is 11.8. The summed E-state index contributed by atoms with van der Waals surface area (Å²) in [6.45, 7) is 5.60. The number of hydrogen-bond acceptors (Lipinski definition) is 5. The second-order valence-corrected chi connectivity index (χ2v) is 4.92. The van der Waals surface area contributed by atoms with Crippen LogP contribution in [0.25, 0.3) is 0 Å². The number of unbranched alkanes of at least 4 members (excludes halogenated alkanes) is 1.